The third kappa shape index (κ3) is 5.23. The number of nitrogens with zero attached hydrogens (tertiary/aromatic N) is 4. The lowest BCUT2D eigenvalue weighted by atomic mass is 10.2. The molecular weight excluding hydrogens is 300 g/mol. The quantitative estimate of drug-likeness (QED) is 0.527. The van der Waals surface area contributed by atoms with E-state index in [9.17, 15) is 15.3 Å². The Bertz CT molecular complexity index is 452. The maximum Gasteiger partial charge on any atom is 0.0949 e. The lowest BCUT2D eigenvalue weighted by molar-refractivity contribution is 0.0470. The first kappa shape index (κ1) is 18.3. The summed E-state index contributed by atoms with van der Waals surface area (Å²) in [6, 6.07) is -0.308. The van der Waals surface area contributed by atoms with Crippen molar-refractivity contribution in [2.45, 2.75) is 25.2 Å². The van der Waals surface area contributed by atoms with Gasteiger partial charge in [0.05, 0.1) is 44.0 Å². The van der Waals surface area contributed by atoms with Gasteiger partial charge in [-0.3, -0.25) is 9.80 Å². The highest BCUT2D eigenvalue weighted by Gasteiger charge is 2.26. The highest BCUT2D eigenvalue weighted by atomic mass is 16.5. The van der Waals surface area contributed by atoms with Crippen LogP contribution in [-0.2, 0) is 17.8 Å². The average Bonchev–Trinajstić information content (AvgIpc) is 2.89. The van der Waals surface area contributed by atoms with Crippen molar-refractivity contribution in [3.05, 3.63) is 18.2 Å². The van der Waals surface area contributed by atoms with Gasteiger partial charge in [0.1, 0.15) is 0 Å². The van der Waals surface area contributed by atoms with E-state index in [2.05, 4.69) is 14.5 Å². The molecule has 0 radical (unpaired) electrons. The van der Waals surface area contributed by atoms with Crippen molar-refractivity contribution < 1.29 is 20.1 Å². The summed E-state index contributed by atoms with van der Waals surface area (Å²) in [4.78, 5) is 8.32. The number of rotatable bonds is 8. The SMILES string of the molecule is COCCn1cncc1CN1CCN(C(CO)CO)C[C@H](O)C1. The molecule has 1 aliphatic rings. The Morgan fingerprint density at radius 1 is 1.30 bits per heavy atom. The minimum Gasteiger partial charge on any atom is -0.395 e. The van der Waals surface area contributed by atoms with Crippen LogP contribution in [0.5, 0.6) is 0 Å². The summed E-state index contributed by atoms with van der Waals surface area (Å²) in [6.07, 6.45) is 3.13. The van der Waals surface area contributed by atoms with Crippen molar-refractivity contribution in [1.82, 2.24) is 19.4 Å². The summed E-state index contributed by atoms with van der Waals surface area (Å²) in [5, 5.41) is 28.9. The van der Waals surface area contributed by atoms with E-state index in [1.807, 2.05) is 11.1 Å². The summed E-state index contributed by atoms with van der Waals surface area (Å²) in [5.74, 6) is 0. The van der Waals surface area contributed by atoms with Crippen molar-refractivity contribution >= 4 is 0 Å². The van der Waals surface area contributed by atoms with Crippen LogP contribution in [-0.4, -0.2) is 99.9 Å². The van der Waals surface area contributed by atoms with E-state index < -0.39 is 6.10 Å². The third-order valence-electron chi connectivity index (χ3n) is 4.28. The number of hydrogen-bond donors (Lipinski definition) is 3. The molecule has 2 rings (SSSR count). The molecule has 0 aromatic carbocycles. The Balaban J connectivity index is 1.95. The fraction of sp³-hybridized carbons (Fsp3) is 0.800. The van der Waals surface area contributed by atoms with Gasteiger partial charge >= 0.3 is 0 Å². The normalized spacial score (nSPS) is 21.0. The van der Waals surface area contributed by atoms with Gasteiger partial charge in [0.15, 0.2) is 0 Å². The van der Waals surface area contributed by atoms with E-state index in [0.29, 0.717) is 32.8 Å². The second-order valence-electron chi connectivity index (χ2n) is 5.97. The van der Waals surface area contributed by atoms with Gasteiger partial charge in [-0.05, 0) is 0 Å². The number of ether oxygens (including phenoxy) is 1. The zero-order chi connectivity index (χ0) is 16.7. The van der Waals surface area contributed by atoms with Gasteiger partial charge in [-0.15, -0.1) is 0 Å². The zero-order valence-electron chi connectivity index (χ0n) is 13.7. The van der Waals surface area contributed by atoms with Crippen LogP contribution in [0, 0.1) is 0 Å². The molecule has 23 heavy (non-hydrogen) atoms. The highest BCUT2D eigenvalue weighted by molar-refractivity contribution is 4.99. The second kappa shape index (κ2) is 9.31. The molecule has 0 unspecified atom stereocenters. The van der Waals surface area contributed by atoms with Crippen LogP contribution in [0.1, 0.15) is 5.69 Å². The molecule has 2 heterocycles. The fourth-order valence-corrected chi connectivity index (χ4v) is 2.94. The van der Waals surface area contributed by atoms with E-state index in [1.165, 1.54) is 0 Å². The molecule has 8 nitrogen and oxygen atoms in total. The molecule has 0 aliphatic carbocycles. The molecular formula is C15H28N4O4. The number of hydrogen-bond acceptors (Lipinski definition) is 7. The maximum atomic E-state index is 10.2. The van der Waals surface area contributed by atoms with Gasteiger partial charge < -0.3 is 24.6 Å². The summed E-state index contributed by atoms with van der Waals surface area (Å²) in [6.45, 7) is 4.39. The molecule has 0 saturated carbocycles. The van der Waals surface area contributed by atoms with Gasteiger partial charge in [0, 0.05) is 52.6 Å². The van der Waals surface area contributed by atoms with Gasteiger partial charge in [-0.25, -0.2) is 4.98 Å². The smallest absolute Gasteiger partial charge is 0.0949 e. The minimum atomic E-state index is -0.506. The molecule has 0 bridgehead atoms. The average molecular weight is 328 g/mol. The molecule has 0 amide bonds. The van der Waals surface area contributed by atoms with E-state index >= 15 is 0 Å². The van der Waals surface area contributed by atoms with Crippen LogP contribution >= 0.6 is 0 Å². The Morgan fingerprint density at radius 3 is 2.78 bits per heavy atom. The molecule has 1 saturated heterocycles. The minimum absolute atomic E-state index is 0.104. The van der Waals surface area contributed by atoms with E-state index in [0.717, 1.165) is 18.8 Å². The largest absolute Gasteiger partial charge is 0.395 e. The maximum absolute atomic E-state index is 10.2. The molecule has 132 valence electrons. The Labute approximate surface area is 136 Å². The van der Waals surface area contributed by atoms with Crippen molar-refractivity contribution in [1.29, 1.82) is 0 Å². The molecule has 1 fully saturated rings. The zero-order valence-corrected chi connectivity index (χ0v) is 13.7. The number of β-amino-alcohol motifs (C(OH)–C–C–N with tert-alkyl or cyclic N) is 1. The Morgan fingerprint density at radius 2 is 2.09 bits per heavy atom. The molecule has 1 aromatic rings. The monoisotopic (exact) mass is 328 g/mol. The Hall–Kier alpha value is -1.03. The van der Waals surface area contributed by atoms with Gasteiger partial charge in [-0.2, -0.15) is 0 Å². The van der Waals surface area contributed by atoms with Crippen LogP contribution in [0.25, 0.3) is 0 Å². The molecule has 1 atom stereocenters. The first-order valence-corrected chi connectivity index (χ1v) is 8.02. The van der Waals surface area contributed by atoms with Crippen LogP contribution in [0.2, 0.25) is 0 Å². The lowest BCUT2D eigenvalue weighted by Gasteiger charge is -2.28. The molecule has 3 N–H and O–H groups in total. The van der Waals surface area contributed by atoms with Crippen molar-refractivity contribution in [2.24, 2.45) is 0 Å². The highest BCUT2D eigenvalue weighted by Crippen LogP contribution is 2.11. The van der Waals surface area contributed by atoms with Crippen molar-refractivity contribution in [3.8, 4) is 0 Å². The lowest BCUT2D eigenvalue weighted by Crippen LogP contribution is -2.44. The van der Waals surface area contributed by atoms with Crippen LogP contribution in [0.4, 0.5) is 0 Å². The molecule has 1 aliphatic heterocycles. The van der Waals surface area contributed by atoms with Crippen LogP contribution < -0.4 is 0 Å². The van der Waals surface area contributed by atoms with Gasteiger partial charge in [0.25, 0.3) is 0 Å². The predicted octanol–water partition coefficient (Wildman–Crippen LogP) is -1.64. The first-order valence-electron chi connectivity index (χ1n) is 8.02. The molecule has 1 aromatic heterocycles. The number of aromatic nitrogens is 2. The predicted molar refractivity (Wildman–Crippen MR) is 84.9 cm³/mol. The first-order chi connectivity index (χ1) is 11.2. The van der Waals surface area contributed by atoms with Crippen molar-refractivity contribution in [2.75, 3.05) is 53.1 Å². The summed E-state index contributed by atoms with van der Waals surface area (Å²) in [7, 11) is 1.68. The van der Waals surface area contributed by atoms with Crippen molar-refractivity contribution in [3.63, 3.8) is 0 Å². The summed E-state index contributed by atoms with van der Waals surface area (Å²) in [5.41, 5.74) is 1.09. The van der Waals surface area contributed by atoms with Gasteiger partial charge in [-0.1, -0.05) is 0 Å². The van der Waals surface area contributed by atoms with Crippen LogP contribution in [0.3, 0.4) is 0 Å². The topological polar surface area (TPSA) is 94.2 Å². The fourth-order valence-electron chi connectivity index (χ4n) is 2.94. The Kier molecular flexibility index (Phi) is 7.41. The number of aliphatic hydroxyl groups excluding tert-OH is 3. The van der Waals surface area contributed by atoms with E-state index in [1.54, 1.807) is 13.4 Å². The standard InChI is InChI=1S/C15H28N4O4/c1-23-5-4-19-12-16-6-13(19)7-17-2-3-18(9-15(22)8-17)14(10-20)11-21/h6,12,14-15,20-22H,2-5,7-11H2,1H3/t15-/m1/s1. The number of aliphatic hydroxyl groups is 3. The number of methoxy groups -OCH3 is 1. The number of imidazole rings is 1. The van der Waals surface area contributed by atoms with Gasteiger partial charge in [0.2, 0.25) is 0 Å². The van der Waals surface area contributed by atoms with E-state index in [-0.39, 0.29) is 19.3 Å². The third-order valence-corrected chi connectivity index (χ3v) is 4.28. The molecule has 0 spiro atoms. The van der Waals surface area contributed by atoms with Crippen LogP contribution in [0.15, 0.2) is 12.5 Å². The second-order valence-corrected chi connectivity index (χ2v) is 5.97. The summed E-state index contributed by atoms with van der Waals surface area (Å²) >= 11 is 0. The molecule has 8 heteroatoms. The summed E-state index contributed by atoms with van der Waals surface area (Å²) < 4.78 is 7.16. The van der Waals surface area contributed by atoms with E-state index in [4.69, 9.17) is 4.74 Å².